The molecule has 0 aliphatic carbocycles. The minimum atomic E-state index is -0.803. The first kappa shape index (κ1) is 34.4. The Kier molecular flexibility index (Phi) is 10.3. The van der Waals surface area contributed by atoms with Crippen LogP contribution in [-0.2, 0) is 26.2 Å². The molecule has 258 valence electrons. The van der Waals surface area contributed by atoms with Gasteiger partial charge in [-0.25, -0.2) is 18.4 Å². The van der Waals surface area contributed by atoms with E-state index < -0.39 is 35.5 Å². The van der Waals surface area contributed by atoms with Gasteiger partial charge in [0.1, 0.15) is 16.5 Å². The molecule has 3 N–H and O–H groups in total. The van der Waals surface area contributed by atoms with Crippen LogP contribution in [0, 0.1) is 17.6 Å². The van der Waals surface area contributed by atoms with Gasteiger partial charge in [-0.1, -0.05) is 55.5 Å². The average molecular weight is 699 g/mol. The normalized spacial score (nSPS) is 14.4. The first-order valence-corrected chi connectivity index (χ1v) is 16.9. The SMILES string of the molecule is CC1C=NN(CCn2c(=O)c3c(CN(C)Cc4ccccc4)c(-c4ccc(NC(N)=O)cc4)sc3n(Cc3c(F)cccc3F)c2=O)N=CC1. The van der Waals surface area contributed by atoms with Crippen LogP contribution >= 0.6 is 11.3 Å². The Bertz CT molecular complexity index is 2180. The van der Waals surface area contributed by atoms with Crippen molar-refractivity contribution >= 4 is 45.7 Å². The predicted octanol–water partition coefficient (Wildman–Crippen LogP) is 5.65. The molecule has 0 saturated carbocycles. The molecule has 5 aromatic rings. The van der Waals surface area contributed by atoms with E-state index in [1.807, 2.05) is 44.3 Å². The second-order valence-corrected chi connectivity index (χ2v) is 13.2. The fraction of sp³-hybridized carbons (Fsp3) is 0.250. The summed E-state index contributed by atoms with van der Waals surface area (Å²) in [6.45, 7) is 2.48. The van der Waals surface area contributed by atoms with Crippen LogP contribution in [0.25, 0.3) is 20.7 Å². The molecule has 50 heavy (non-hydrogen) atoms. The van der Waals surface area contributed by atoms with E-state index in [2.05, 4.69) is 20.4 Å². The molecule has 2 amide bonds. The molecule has 3 aromatic carbocycles. The van der Waals surface area contributed by atoms with Gasteiger partial charge in [-0.05, 0) is 60.3 Å². The standard InChI is InChI=1S/C36H36F2N8O3S/c1-23-15-16-40-46(41-19-23)18-17-44-33(47)31-28(21-43(2)20-24-7-4-3-5-8-24)32(25-11-13-26(14-12-25)42-35(39)48)50-34(31)45(36(44)49)22-27-29(37)9-6-10-30(27)38/h3-14,16,19,23H,15,17-18,20-22H2,1-2H3,(H3,39,42,48). The third kappa shape index (κ3) is 7.56. The summed E-state index contributed by atoms with van der Waals surface area (Å²) in [5, 5.41) is 13.0. The summed E-state index contributed by atoms with van der Waals surface area (Å²) in [6.07, 6.45) is 4.19. The molecule has 1 atom stereocenters. The van der Waals surface area contributed by atoms with E-state index in [0.29, 0.717) is 41.2 Å². The number of hydrazone groups is 2. The molecule has 0 fully saturated rings. The van der Waals surface area contributed by atoms with Crippen molar-refractivity contribution in [1.29, 1.82) is 0 Å². The van der Waals surface area contributed by atoms with Crippen LogP contribution in [0.1, 0.15) is 30.0 Å². The molecule has 1 unspecified atom stereocenters. The molecule has 1 aliphatic rings. The summed E-state index contributed by atoms with van der Waals surface area (Å²) in [5.74, 6) is -1.43. The number of halogens is 2. The van der Waals surface area contributed by atoms with Crippen LogP contribution in [0.2, 0.25) is 0 Å². The van der Waals surface area contributed by atoms with E-state index in [1.54, 1.807) is 36.7 Å². The summed E-state index contributed by atoms with van der Waals surface area (Å²) in [6, 6.07) is 19.6. The van der Waals surface area contributed by atoms with Gasteiger partial charge in [-0.15, -0.1) is 11.3 Å². The quantitative estimate of drug-likeness (QED) is 0.184. The number of carbonyl (C=O) groups excluding carboxylic acids is 1. The van der Waals surface area contributed by atoms with Gasteiger partial charge in [0.15, 0.2) is 0 Å². The molecule has 0 spiro atoms. The topological polar surface area (TPSA) is 130 Å². The van der Waals surface area contributed by atoms with Crippen LogP contribution in [0.5, 0.6) is 0 Å². The number of aromatic nitrogens is 2. The number of urea groups is 1. The predicted molar refractivity (Wildman–Crippen MR) is 194 cm³/mol. The zero-order valence-corrected chi connectivity index (χ0v) is 28.4. The molecule has 6 rings (SSSR count). The van der Waals surface area contributed by atoms with E-state index in [4.69, 9.17) is 5.73 Å². The van der Waals surface area contributed by atoms with Crippen LogP contribution in [0.15, 0.2) is 92.6 Å². The Labute approximate surface area is 290 Å². The van der Waals surface area contributed by atoms with Crippen molar-refractivity contribution in [3.63, 3.8) is 0 Å². The fourth-order valence-corrected chi connectivity index (χ4v) is 7.14. The molecule has 11 nitrogen and oxygen atoms in total. The number of benzene rings is 3. The minimum Gasteiger partial charge on any atom is -0.351 e. The second kappa shape index (κ2) is 15.0. The highest BCUT2D eigenvalue weighted by atomic mass is 32.1. The van der Waals surface area contributed by atoms with Crippen LogP contribution in [0.3, 0.4) is 0 Å². The third-order valence-corrected chi connectivity index (χ3v) is 9.64. The molecular formula is C36H36F2N8O3S. The van der Waals surface area contributed by atoms with E-state index in [9.17, 15) is 14.4 Å². The number of anilines is 1. The molecule has 0 bridgehead atoms. The Balaban J connectivity index is 1.54. The van der Waals surface area contributed by atoms with Crippen LogP contribution in [0.4, 0.5) is 19.3 Å². The van der Waals surface area contributed by atoms with Crippen molar-refractivity contribution in [3.8, 4) is 10.4 Å². The van der Waals surface area contributed by atoms with Crippen molar-refractivity contribution in [2.24, 2.45) is 21.9 Å². The molecule has 14 heteroatoms. The molecule has 0 radical (unpaired) electrons. The number of nitrogens with one attached hydrogen (secondary N) is 1. The fourth-order valence-electron chi connectivity index (χ4n) is 5.84. The number of fused-ring (bicyclic) bond motifs is 1. The number of nitrogens with zero attached hydrogens (tertiary/aromatic N) is 6. The first-order valence-electron chi connectivity index (χ1n) is 16.0. The smallest absolute Gasteiger partial charge is 0.332 e. The molecular weight excluding hydrogens is 663 g/mol. The van der Waals surface area contributed by atoms with E-state index in [-0.39, 0.29) is 34.8 Å². The maximum Gasteiger partial charge on any atom is 0.332 e. The van der Waals surface area contributed by atoms with Gasteiger partial charge in [-0.3, -0.25) is 18.8 Å². The van der Waals surface area contributed by atoms with E-state index in [0.717, 1.165) is 22.3 Å². The Hall–Kier alpha value is -5.47. The van der Waals surface area contributed by atoms with Gasteiger partial charge in [0.25, 0.3) is 5.56 Å². The number of hydrogen-bond donors (Lipinski definition) is 2. The average Bonchev–Trinajstić information content (AvgIpc) is 3.31. The zero-order chi connectivity index (χ0) is 35.4. The molecule has 3 heterocycles. The molecule has 1 aliphatic heterocycles. The monoisotopic (exact) mass is 698 g/mol. The lowest BCUT2D eigenvalue weighted by Gasteiger charge is -2.19. The van der Waals surface area contributed by atoms with Crippen molar-refractivity contribution in [1.82, 2.24) is 19.2 Å². The number of rotatable bonds is 11. The number of hydrogen-bond acceptors (Lipinski definition) is 8. The van der Waals surface area contributed by atoms with Gasteiger partial charge in [0.05, 0.1) is 25.0 Å². The number of carbonyl (C=O) groups is 1. The van der Waals surface area contributed by atoms with Crippen molar-refractivity contribution in [2.45, 2.75) is 39.5 Å². The van der Waals surface area contributed by atoms with Crippen LogP contribution in [-0.4, -0.2) is 51.2 Å². The third-order valence-electron chi connectivity index (χ3n) is 8.34. The van der Waals surface area contributed by atoms with Gasteiger partial charge >= 0.3 is 11.7 Å². The Morgan fingerprint density at radius 1 is 0.940 bits per heavy atom. The molecule has 0 saturated heterocycles. The Morgan fingerprint density at radius 3 is 2.36 bits per heavy atom. The maximum atomic E-state index is 15.1. The highest BCUT2D eigenvalue weighted by Gasteiger charge is 2.25. The maximum absolute atomic E-state index is 15.1. The summed E-state index contributed by atoms with van der Waals surface area (Å²) >= 11 is 1.20. The number of nitrogens with two attached hydrogens (primary N) is 1. The summed E-state index contributed by atoms with van der Waals surface area (Å²) in [7, 11) is 1.93. The van der Waals surface area contributed by atoms with Gasteiger partial charge in [0, 0.05) is 41.6 Å². The van der Waals surface area contributed by atoms with Gasteiger partial charge in [0.2, 0.25) is 0 Å². The zero-order valence-electron chi connectivity index (χ0n) is 27.6. The second-order valence-electron chi connectivity index (χ2n) is 12.2. The van der Waals surface area contributed by atoms with Crippen molar-refractivity contribution in [2.75, 3.05) is 18.9 Å². The lowest BCUT2D eigenvalue weighted by atomic mass is 10.1. The lowest BCUT2D eigenvalue weighted by molar-refractivity contribution is 0.259. The van der Waals surface area contributed by atoms with Crippen molar-refractivity contribution in [3.05, 3.63) is 122 Å². The highest BCUT2D eigenvalue weighted by Crippen LogP contribution is 2.38. The summed E-state index contributed by atoms with van der Waals surface area (Å²) < 4.78 is 32.5. The van der Waals surface area contributed by atoms with Gasteiger partial charge in [-0.2, -0.15) is 15.3 Å². The number of thiophene rings is 1. The Morgan fingerprint density at radius 2 is 1.66 bits per heavy atom. The van der Waals surface area contributed by atoms with Gasteiger partial charge < -0.3 is 11.1 Å². The van der Waals surface area contributed by atoms with Crippen LogP contribution < -0.4 is 22.3 Å². The van der Waals surface area contributed by atoms with Crippen molar-refractivity contribution < 1.29 is 13.6 Å². The molecule has 2 aromatic heterocycles. The van der Waals surface area contributed by atoms with E-state index in [1.165, 1.54) is 27.1 Å². The van der Waals surface area contributed by atoms with E-state index >= 15 is 8.78 Å². The summed E-state index contributed by atoms with van der Waals surface area (Å²) in [5.41, 5.74) is 6.69. The number of amides is 2. The first-order chi connectivity index (χ1) is 24.1. The largest absolute Gasteiger partial charge is 0.351 e. The lowest BCUT2D eigenvalue weighted by Crippen LogP contribution is -2.42. The summed E-state index contributed by atoms with van der Waals surface area (Å²) in [4.78, 5) is 43.2. The highest BCUT2D eigenvalue weighted by molar-refractivity contribution is 7.22. The number of primary amides is 1. The minimum absolute atomic E-state index is 0.0750.